The number of H-pyrrole nitrogens is 1. The van der Waals surface area contributed by atoms with Crippen molar-refractivity contribution in [3.8, 4) is 0 Å². The lowest BCUT2D eigenvalue weighted by Crippen LogP contribution is -2.58. The van der Waals surface area contributed by atoms with Gasteiger partial charge in [-0.05, 0) is 61.9 Å². The van der Waals surface area contributed by atoms with Gasteiger partial charge in [-0.3, -0.25) is 24.0 Å². The van der Waals surface area contributed by atoms with Crippen molar-refractivity contribution in [1.29, 1.82) is 0 Å². The molecular weight excluding hydrogens is 674 g/mol. The van der Waals surface area contributed by atoms with Gasteiger partial charge in [0.1, 0.15) is 5.54 Å². The van der Waals surface area contributed by atoms with E-state index in [4.69, 9.17) is 10.5 Å². The maximum Gasteiger partial charge on any atom is 0.345 e. The van der Waals surface area contributed by atoms with Crippen molar-refractivity contribution < 1.29 is 33.5 Å². The summed E-state index contributed by atoms with van der Waals surface area (Å²) >= 11 is 0. The normalized spacial score (nSPS) is 19.6. The van der Waals surface area contributed by atoms with Gasteiger partial charge in [0.05, 0.1) is 24.1 Å². The molecule has 1 fully saturated rings. The lowest BCUT2D eigenvalue weighted by molar-refractivity contribution is -0.142. The zero-order chi connectivity index (χ0) is 37.8. The molecule has 3 amide bonds. The molecule has 5 rings (SSSR count). The van der Waals surface area contributed by atoms with E-state index in [1.54, 1.807) is 25.1 Å². The van der Waals surface area contributed by atoms with Crippen LogP contribution < -0.4 is 21.7 Å². The molecule has 6 N–H and O–H groups in total. The molecule has 0 bridgehead atoms. The zero-order valence-corrected chi connectivity index (χ0v) is 29.9. The standard InChI is InChI=1S/C41H47N5O7/c1-41(25-30-26-44-33-19-12-11-18-31(30)33)40(52)43-22-21-28(15-7-4-10-20-35(47)46-41)37(49)34(24-36(48)53-39(51)29-16-8-3-9-17-29)45-38(50)32(42)23-27-13-5-2-6-14-27/h2-3,5-6,8-9,11-14,16-19,26,28,32,34,44H,4,7,10,15,20-25,42H2,1H3,(H,43,52)(H,45,50)(H,46,47)/t28?,32-,34-,41+/m0/s1. The van der Waals surface area contributed by atoms with E-state index < -0.39 is 59.5 Å². The van der Waals surface area contributed by atoms with E-state index in [1.165, 1.54) is 12.1 Å². The van der Waals surface area contributed by atoms with Crippen molar-refractivity contribution in [2.45, 2.75) is 82.3 Å². The number of rotatable bonds is 11. The highest BCUT2D eigenvalue weighted by Gasteiger charge is 2.37. The Balaban J connectivity index is 1.32. The van der Waals surface area contributed by atoms with Gasteiger partial charge < -0.3 is 31.4 Å². The van der Waals surface area contributed by atoms with Crippen LogP contribution in [0.2, 0.25) is 0 Å². The molecular formula is C41H47N5O7. The zero-order valence-electron chi connectivity index (χ0n) is 29.9. The molecule has 2 heterocycles. The molecule has 0 aliphatic carbocycles. The predicted molar refractivity (Wildman–Crippen MR) is 199 cm³/mol. The van der Waals surface area contributed by atoms with Gasteiger partial charge in [-0.25, -0.2) is 4.79 Å². The number of carbonyl (C=O) groups excluding carboxylic acids is 6. The first kappa shape index (κ1) is 38.6. The van der Waals surface area contributed by atoms with Crippen LogP contribution in [-0.2, 0) is 41.6 Å². The number of amides is 3. The molecule has 12 nitrogen and oxygen atoms in total. The summed E-state index contributed by atoms with van der Waals surface area (Å²) in [5, 5.41) is 9.51. The molecule has 3 aromatic carbocycles. The van der Waals surface area contributed by atoms with Crippen LogP contribution in [0.5, 0.6) is 0 Å². The third-order valence-corrected chi connectivity index (χ3v) is 9.65. The molecule has 4 atom stereocenters. The van der Waals surface area contributed by atoms with Crippen LogP contribution in [0.25, 0.3) is 10.9 Å². The van der Waals surface area contributed by atoms with E-state index in [1.807, 2.05) is 60.8 Å². The number of ketones is 1. The first-order chi connectivity index (χ1) is 25.5. The fourth-order valence-electron chi connectivity index (χ4n) is 6.74. The number of fused-ring (bicyclic) bond motifs is 1. The summed E-state index contributed by atoms with van der Waals surface area (Å²) in [4.78, 5) is 83.5. The number of nitrogens with one attached hydrogen (secondary N) is 4. The van der Waals surface area contributed by atoms with Crippen LogP contribution in [-0.4, -0.2) is 64.6 Å². The number of carbonyl (C=O) groups is 6. The highest BCUT2D eigenvalue weighted by molar-refractivity contribution is 6.00. The number of aromatic amines is 1. The summed E-state index contributed by atoms with van der Waals surface area (Å²) in [6, 6.07) is 22.5. The maximum atomic E-state index is 14.3. The summed E-state index contributed by atoms with van der Waals surface area (Å²) in [5.74, 6) is -4.25. The first-order valence-electron chi connectivity index (χ1n) is 18.1. The Morgan fingerprint density at radius 1 is 0.906 bits per heavy atom. The first-order valence-corrected chi connectivity index (χ1v) is 18.1. The van der Waals surface area contributed by atoms with E-state index in [-0.39, 0.29) is 43.7 Å². The van der Waals surface area contributed by atoms with Gasteiger partial charge >= 0.3 is 11.9 Å². The minimum atomic E-state index is -1.34. The van der Waals surface area contributed by atoms with Gasteiger partial charge in [0, 0.05) is 42.4 Å². The molecule has 1 unspecified atom stereocenters. The summed E-state index contributed by atoms with van der Waals surface area (Å²) in [6.45, 7) is 1.79. The molecule has 0 radical (unpaired) electrons. The fraction of sp³-hybridized carbons (Fsp3) is 0.366. The van der Waals surface area contributed by atoms with E-state index in [0.717, 1.165) is 22.0 Å². The third-order valence-electron chi connectivity index (χ3n) is 9.65. The second-order valence-electron chi connectivity index (χ2n) is 13.8. The smallest absolute Gasteiger partial charge is 0.345 e. The van der Waals surface area contributed by atoms with E-state index >= 15 is 0 Å². The Hall–Kier alpha value is -5.62. The summed E-state index contributed by atoms with van der Waals surface area (Å²) < 4.78 is 5.07. The second-order valence-corrected chi connectivity index (χ2v) is 13.8. The molecule has 1 aliphatic heterocycles. The van der Waals surface area contributed by atoms with Gasteiger partial charge in [-0.1, -0.05) is 79.6 Å². The number of benzene rings is 3. The summed E-state index contributed by atoms with van der Waals surface area (Å²) in [6.07, 6.45) is 4.26. The summed E-state index contributed by atoms with van der Waals surface area (Å²) in [7, 11) is 0. The number of hydrogen-bond donors (Lipinski definition) is 5. The van der Waals surface area contributed by atoms with Crippen molar-refractivity contribution in [2.75, 3.05) is 6.54 Å². The number of para-hydroxylation sites is 1. The number of aromatic nitrogens is 1. The van der Waals surface area contributed by atoms with Crippen molar-refractivity contribution in [2.24, 2.45) is 11.7 Å². The van der Waals surface area contributed by atoms with Crippen molar-refractivity contribution in [1.82, 2.24) is 20.9 Å². The molecule has 1 aromatic heterocycles. The van der Waals surface area contributed by atoms with Crippen molar-refractivity contribution in [3.05, 3.63) is 108 Å². The quantitative estimate of drug-likeness (QED) is 0.113. The van der Waals surface area contributed by atoms with Gasteiger partial charge in [-0.15, -0.1) is 0 Å². The second kappa shape index (κ2) is 18.2. The molecule has 12 heteroatoms. The van der Waals surface area contributed by atoms with Gasteiger partial charge in [0.15, 0.2) is 5.78 Å². The average Bonchev–Trinajstić information content (AvgIpc) is 3.55. The molecule has 278 valence electrons. The molecule has 1 saturated heterocycles. The minimum Gasteiger partial charge on any atom is -0.389 e. The Morgan fingerprint density at radius 2 is 1.60 bits per heavy atom. The Morgan fingerprint density at radius 3 is 2.36 bits per heavy atom. The molecule has 0 spiro atoms. The molecule has 4 aromatic rings. The van der Waals surface area contributed by atoms with Crippen LogP contribution in [0.4, 0.5) is 0 Å². The van der Waals surface area contributed by atoms with E-state index in [0.29, 0.717) is 25.7 Å². The lowest BCUT2D eigenvalue weighted by Gasteiger charge is -2.30. The van der Waals surface area contributed by atoms with Crippen molar-refractivity contribution in [3.63, 3.8) is 0 Å². The summed E-state index contributed by atoms with van der Waals surface area (Å²) in [5.41, 5.74) is 7.74. The predicted octanol–water partition coefficient (Wildman–Crippen LogP) is 4.07. The van der Waals surface area contributed by atoms with Crippen molar-refractivity contribution >= 4 is 46.3 Å². The number of esters is 2. The third kappa shape index (κ3) is 10.7. The highest BCUT2D eigenvalue weighted by atomic mass is 16.6. The van der Waals surface area contributed by atoms with Crippen LogP contribution in [0, 0.1) is 5.92 Å². The molecule has 1 aliphatic rings. The largest absolute Gasteiger partial charge is 0.389 e. The van der Waals surface area contributed by atoms with Gasteiger partial charge in [-0.2, -0.15) is 0 Å². The number of ether oxygens (including phenoxy) is 1. The fourth-order valence-corrected chi connectivity index (χ4v) is 6.74. The number of nitrogens with two attached hydrogens (primary N) is 1. The van der Waals surface area contributed by atoms with Crippen LogP contribution in [0.15, 0.2) is 91.1 Å². The highest BCUT2D eigenvalue weighted by Crippen LogP contribution is 2.25. The molecule has 0 saturated carbocycles. The van der Waals surface area contributed by atoms with Crippen LogP contribution in [0.3, 0.4) is 0 Å². The van der Waals surface area contributed by atoms with E-state index in [9.17, 15) is 28.8 Å². The average molecular weight is 722 g/mol. The SMILES string of the molecule is C[C@]1(Cc2c[nH]c3ccccc23)NC(=O)CCCCCC(C(=O)[C@H](CC(=O)OC(=O)c2ccccc2)NC(=O)[C@@H](N)Cc2ccccc2)CCNC1=O. The maximum absolute atomic E-state index is 14.3. The van der Waals surface area contributed by atoms with Gasteiger partial charge in [0.25, 0.3) is 0 Å². The van der Waals surface area contributed by atoms with Gasteiger partial charge in [0.2, 0.25) is 17.7 Å². The Kier molecular flexibility index (Phi) is 13.3. The topological polar surface area (TPSA) is 190 Å². The Labute approximate surface area is 308 Å². The monoisotopic (exact) mass is 721 g/mol. The van der Waals surface area contributed by atoms with E-state index in [2.05, 4.69) is 20.9 Å². The minimum absolute atomic E-state index is 0.0969. The van der Waals surface area contributed by atoms with Crippen LogP contribution in [0.1, 0.15) is 73.4 Å². The van der Waals surface area contributed by atoms with Crippen LogP contribution >= 0.6 is 0 Å². The number of hydrogen-bond acceptors (Lipinski definition) is 8. The lowest BCUT2D eigenvalue weighted by atomic mass is 9.88. The number of Topliss-reactive ketones (excluding diaryl/α,β-unsaturated/α-hetero) is 1. The molecule has 53 heavy (non-hydrogen) atoms. The Bertz CT molecular complexity index is 1910.